The van der Waals surface area contributed by atoms with E-state index in [1.165, 1.54) is 0 Å². The predicted octanol–water partition coefficient (Wildman–Crippen LogP) is 2.46. The van der Waals surface area contributed by atoms with E-state index in [1.807, 2.05) is 25.1 Å². The highest BCUT2D eigenvalue weighted by Crippen LogP contribution is 2.28. The van der Waals surface area contributed by atoms with Gasteiger partial charge in [0.2, 0.25) is 0 Å². The Bertz CT molecular complexity index is 417. The van der Waals surface area contributed by atoms with Gasteiger partial charge in [0.05, 0.1) is 6.61 Å². The van der Waals surface area contributed by atoms with Crippen LogP contribution in [0.4, 0.5) is 0 Å². The van der Waals surface area contributed by atoms with Crippen LogP contribution in [0.3, 0.4) is 0 Å². The minimum absolute atomic E-state index is 0.111. The average Bonchev–Trinajstić information content (AvgIpc) is 2.78. The van der Waals surface area contributed by atoms with Crippen molar-refractivity contribution in [1.29, 1.82) is 0 Å². The summed E-state index contributed by atoms with van der Waals surface area (Å²) in [6, 6.07) is 5.80. The molecule has 1 aromatic rings. The molecule has 1 unspecified atom stereocenters. The molecule has 4 heteroatoms. The lowest BCUT2D eigenvalue weighted by molar-refractivity contribution is 0.215. The fraction of sp³-hybridized carbons (Fsp3) is 0.333. The van der Waals surface area contributed by atoms with Crippen molar-refractivity contribution in [2.75, 3.05) is 6.61 Å². The zero-order valence-corrected chi connectivity index (χ0v) is 9.92. The summed E-state index contributed by atoms with van der Waals surface area (Å²) in [5.41, 5.74) is 4.83. The lowest BCUT2D eigenvalue weighted by Crippen LogP contribution is -2.29. The third-order valence-electron chi connectivity index (χ3n) is 2.71. The zero-order chi connectivity index (χ0) is 11.5. The van der Waals surface area contributed by atoms with E-state index in [9.17, 15) is 0 Å². The van der Waals surface area contributed by atoms with Crippen LogP contribution in [0.5, 0.6) is 0 Å². The Balaban J connectivity index is 2.29. The first-order chi connectivity index (χ1) is 7.72. The van der Waals surface area contributed by atoms with E-state index >= 15 is 0 Å². The number of hydrazine groups is 1. The molecule has 3 N–H and O–H groups in total. The van der Waals surface area contributed by atoms with Gasteiger partial charge in [-0.1, -0.05) is 23.7 Å². The van der Waals surface area contributed by atoms with Crippen molar-refractivity contribution in [1.82, 2.24) is 5.43 Å². The van der Waals surface area contributed by atoms with Crippen LogP contribution in [0.15, 0.2) is 30.0 Å². The van der Waals surface area contributed by atoms with Crippen molar-refractivity contribution < 1.29 is 4.74 Å². The first-order valence-corrected chi connectivity index (χ1v) is 5.65. The molecule has 0 aliphatic carbocycles. The molecule has 0 fully saturated rings. The molecular formula is C12H15ClN2O. The number of halogens is 1. The molecule has 86 valence electrons. The van der Waals surface area contributed by atoms with Gasteiger partial charge >= 0.3 is 0 Å². The molecule has 0 aromatic heterocycles. The summed E-state index contributed by atoms with van der Waals surface area (Å²) < 4.78 is 5.51. The fourth-order valence-corrected chi connectivity index (χ4v) is 1.96. The van der Waals surface area contributed by atoms with Gasteiger partial charge in [-0.15, -0.1) is 0 Å². The lowest BCUT2D eigenvalue weighted by Gasteiger charge is -2.18. The van der Waals surface area contributed by atoms with E-state index in [-0.39, 0.29) is 6.04 Å². The Hall–Kier alpha value is -1.03. The molecule has 2 rings (SSSR count). The predicted molar refractivity (Wildman–Crippen MR) is 64.9 cm³/mol. The second kappa shape index (κ2) is 4.87. The number of hydrogen-bond acceptors (Lipinski definition) is 3. The molecular weight excluding hydrogens is 224 g/mol. The second-order valence-electron chi connectivity index (χ2n) is 3.85. The van der Waals surface area contributed by atoms with Gasteiger partial charge in [0.15, 0.2) is 0 Å². The summed E-state index contributed by atoms with van der Waals surface area (Å²) in [7, 11) is 0. The van der Waals surface area contributed by atoms with Gasteiger partial charge in [0, 0.05) is 11.4 Å². The van der Waals surface area contributed by atoms with Crippen molar-refractivity contribution in [2.24, 2.45) is 5.84 Å². The average molecular weight is 239 g/mol. The van der Waals surface area contributed by atoms with E-state index in [1.54, 1.807) is 0 Å². The summed E-state index contributed by atoms with van der Waals surface area (Å²) in [6.45, 7) is 2.70. The summed E-state index contributed by atoms with van der Waals surface area (Å²) in [5, 5.41) is 0.747. The molecule has 0 saturated heterocycles. The maximum atomic E-state index is 6.09. The monoisotopic (exact) mass is 238 g/mol. The molecule has 0 bridgehead atoms. The van der Waals surface area contributed by atoms with Crippen molar-refractivity contribution >= 4 is 11.6 Å². The van der Waals surface area contributed by atoms with Gasteiger partial charge in [0.1, 0.15) is 11.8 Å². The van der Waals surface area contributed by atoms with Crippen molar-refractivity contribution in [3.63, 3.8) is 0 Å². The summed E-state index contributed by atoms with van der Waals surface area (Å²) >= 11 is 6.09. The van der Waals surface area contributed by atoms with Gasteiger partial charge in [0.25, 0.3) is 0 Å². The maximum Gasteiger partial charge on any atom is 0.115 e. The standard InChI is InChI=1S/C12H15ClN2O/c1-8-4-5-9(7-10(8)13)12(15-14)11-3-2-6-16-11/h3-5,7,12,15H,2,6,14H2,1H3. The molecule has 1 aliphatic rings. The minimum atomic E-state index is -0.111. The van der Waals surface area contributed by atoms with Crippen molar-refractivity contribution in [2.45, 2.75) is 19.4 Å². The van der Waals surface area contributed by atoms with Crippen molar-refractivity contribution in [3.05, 3.63) is 46.2 Å². The van der Waals surface area contributed by atoms with E-state index in [0.29, 0.717) is 0 Å². The quantitative estimate of drug-likeness (QED) is 0.628. The van der Waals surface area contributed by atoms with Gasteiger partial charge in [-0.2, -0.15) is 0 Å². The number of ether oxygens (including phenoxy) is 1. The molecule has 1 atom stereocenters. The van der Waals surface area contributed by atoms with Crippen LogP contribution in [0.1, 0.15) is 23.6 Å². The number of hydrogen-bond donors (Lipinski definition) is 2. The van der Waals surface area contributed by atoms with Crippen LogP contribution in [-0.2, 0) is 4.74 Å². The smallest absolute Gasteiger partial charge is 0.115 e. The van der Waals surface area contributed by atoms with Gasteiger partial charge in [-0.25, -0.2) is 5.43 Å². The Labute approximate surface area is 100 Å². The Morgan fingerprint density at radius 2 is 2.31 bits per heavy atom. The maximum absolute atomic E-state index is 6.09. The largest absolute Gasteiger partial charge is 0.496 e. The normalized spacial score (nSPS) is 16.8. The molecule has 0 radical (unpaired) electrons. The van der Waals surface area contributed by atoms with Gasteiger partial charge in [-0.3, -0.25) is 5.84 Å². The summed E-state index contributed by atoms with van der Waals surface area (Å²) in [5.74, 6) is 6.44. The van der Waals surface area contributed by atoms with E-state index in [2.05, 4.69) is 11.5 Å². The number of nitrogens with one attached hydrogen (secondary N) is 1. The van der Waals surface area contributed by atoms with E-state index < -0.39 is 0 Å². The number of rotatable bonds is 3. The number of benzene rings is 1. The third kappa shape index (κ3) is 2.21. The molecule has 0 amide bonds. The molecule has 1 aromatic carbocycles. The van der Waals surface area contributed by atoms with Crippen LogP contribution in [-0.4, -0.2) is 6.61 Å². The lowest BCUT2D eigenvalue weighted by atomic mass is 10.0. The van der Waals surface area contributed by atoms with Crippen LogP contribution in [0.25, 0.3) is 0 Å². The van der Waals surface area contributed by atoms with E-state index in [0.717, 1.165) is 34.9 Å². The van der Waals surface area contributed by atoms with Crippen LogP contribution < -0.4 is 11.3 Å². The van der Waals surface area contributed by atoms with Crippen molar-refractivity contribution in [3.8, 4) is 0 Å². The molecule has 16 heavy (non-hydrogen) atoms. The highest BCUT2D eigenvalue weighted by Gasteiger charge is 2.19. The molecule has 3 nitrogen and oxygen atoms in total. The van der Waals surface area contributed by atoms with Crippen LogP contribution in [0.2, 0.25) is 5.02 Å². The zero-order valence-electron chi connectivity index (χ0n) is 9.16. The second-order valence-corrected chi connectivity index (χ2v) is 4.26. The summed E-state index contributed by atoms with van der Waals surface area (Å²) in [4.78, 5) is 0. The third-order valence-corrected chi connectivity index (χ3v) is 3.12. The Morgan fingerprint density at radius 1 is 1.50 bits per heavy atom. The molecule has 0 spiro atoms. The summed E-state index contributed by atoms with van der Waals surface area (Å²) in [6.07, 6.45) is 2.99. The Kier molecular flexibility index (Phi) is 3.49. The Morgan fingerprint density at radius 3 is 2.88 bits per heavy atom. The first kappa shape index (κ1) is 11.5. The number of aryl methyl sites for hydroxylation is 1. The minimum Gasteiger partial charge on any atom is -0.496 e. The van der Waals surface area contributed by atoms with Gasteiger partial charge < -0.3 is 4.74 Å². The van der Waals surface area contributed by atoms with Crippen LogP contribution in [0, 0.1) is 6.92 Å². The van der Waals surface area contributed by atoms with Gasteiger partial charge in [-0.05, 0) is 30.2 Å². The SMILES string of the molecule is Cc1ccc(C(NN)C2=CCCO2)cc1Cl. The topological polar surface area (TPSA) is 47.3 Å². The van der Waals surface area contributed by atoms with Crippen LogP contribution >= 0.6 is 11.6 Å². The molecule has 0 saturated carbocycles. The fourth-order valence-electron chi connectivity index (χ4n) is 1.77. The molecule has 1 heterocycles. The first-order valence-electron chi connectivity index (χ1n) is 5.27. The highest BCUT2D eigenvalue weighted by molar-refractivity contribution is 6.31. The van der Waals surface area contributed by atoms with E-state index in [4.69, 9.17) is 22.2 Å². The molecule has 1 aliphatic heterocycles. The number of nitrogens with two attached hydrogens (primary N) is 1. The highest BCUT2D eigenvalue weighted by atomic mass is 35.5.